The molecule has 0 spiro atoms. The first-order valence-corrected chi connectivity index (χ1v) is 8.35. The second-order valence-corrected chi connectivity index (χ2v) is 6.74. The van der Waals surface area contributed by atoms with Crippen molar-refractivity contribution < 1.29 is 14.4 Å². The number of hydrogen-bond acceptors (Lipinski definition) is 3. The van der Waals surface area contributed by atoms with Crippen molar-refractivity contribution in [1.29, 1.82) is 0 Å². The van der Waals surface area contributed by atoms with Crippen LogP contribution < -0.4 is 0 Å². The Morgan fingerprint density at radius 2 is 1.83 bits per heavy atom. The minimum Gasteiger partial charge on any atom is -0.339 e. The molecule has 0 aromatic carbocycles. The largest absolute Gasteiger partial charge is 0.339 e. The molecule has 0 N–H and O–H groups in total. The summed E-state index contributed by atoms with van der Waals surface area (Å²) in [6, 6.07) is 0. The molecule has 6 heteroatoms. The van der Waals surface area contributed by atoms with E-state index < -0.39 is 5.54 Å². The number of likely N-dealkylation sites (tertiary alicyclic amines) is 1. The molecule has 0 atom stereocenters. The molecule has 2 heterocycles. The van der Waals surface area contributed by atoms with Crippen LogP contribution in [0.25, 0.3) is 0 Å². The minimum absolute atomic E-state index is 0.0128. The van der Waals surface area contributed by atoms with Crippen LogP contribution in [-0.4, -0.2) is 70.7 Å². The standard InChI is InChI=1S/C17H27N3O3/c1-5-14(21)19-9-7-13(8-10-19)15(22)20-12-11-18(6-2)16(23)17(20,3)4/h5,13H,1,6-12H2,2-4H3. The van der Waals surface area contributed by atoms with Gasteiger partial charge in [0.1, 0.15) is 5.54 Å². The summed E-state index contributed by atoms with van der Waals surface area (Å²) >= 11 is 0. The maximum Gasteiger partial charge on any atom is 0.248 e. The summed E-state index contributed by atoms with van der Waals surface area (Å²) in [5.41, 5.74) is -0.792. The number of amides is 3. The van der Waals surface area contributed by atoms with Crippen molar-refractivity contribution in [2.24, 2.45) is 5.92 Å². The van der Waals surface area contributed by atoms with E-state index in [4.69, 9.17) is 0 Å². The van der Waals surface area contributed by atoms with Crippen LogP contribution >= 0.6 is 0 Å². The molecule has 2 saturated heterocycles. The molecule has 0 aliphatic carbocycles. The SMILES string of the molecule is C=CC(=O)N1CCC(C(=O)N2CCN(CC)C(=O)C2(C)C)CC1. The molecule has 0 saturated carbocycles. The number of carbonyl (C=O) groups excluding carboxylic acids is 3. The molecule has 2 aliphatic rings. The van der Waals surface area contributed by atoms with E-state index in [9.17, 15) is 14.4 Å². The van der Waals surface area contributed by atoms with Gasteiger partial charge < -0.3 is 14.7 Å². The van der Waals surface area contributed by atoms with Crippen LogP contribution in [0.15, 0.2) is 12.7 Å². The average Bonchev–Trinajstić information content (AvgIpc) is 2.56. The van der Waals surface area contributed by atoms with E-state index in [-0.39, 0.29) is 23.6 Å². The third-order valence-electron chi connectivity index (χ3n) is 5.06. The van der Waals surface area contributed by atoms with Gasteiger partial charge >= 0.3 is 0 Å². The molecule has 3 amide bonds. The van der Waals surface area contributed by atoms with E-state index in [0.717, 1.165) is 0 Å². The number of piperidine rings is 1. The first kappa shape index (κ1) is 17.5. The van der Waals surface area contributed by atoms with Gasteiger partial charge in [-0.3, -0.25) is 14.4 Å². The Kier molecular flexibility index (Phi) is 5.12. The van der Waals surface area contributed by atoms with Crippen LogP contribution in [0.3, 0.4) is 0 Å². The smallest absolute Gasteiger partial charge is 0.248 e. The van der Waals surface area contributed by atoms with E-state index in [1.54, 1.807) is 14.7 Å². The predicted octanol–water partition coefficient (Wildman–Crippen LogP) is 0.880. The number of likely N-dealkylation sites (N-methyl/N-ethyl adjacent to an activating group) is 1. The lowest BCUT2D eigenvalue weighted by atomic mass is 9.90. The number of piperazine rings is 1. The van der Waals surface area contributed by atoms with Crippen molar-refractivity contribution in [2.45, 2.75) is 39.2 Å². The quantitative estimate of drug-likeness (QED) is 0.725. The number of carbonyl (C=O) groups is 3. The second-order valence-electron chi connectivity index (χ2n) is 6.74. The highest BCUT2D eigenvalue weighted by Gasteiger charge is 2.45. The molecule has 0 radical (unpaired) electrons. The van der Waals surface area contributed by atoms with Crippen molar-refractivity contribution in [1.82, 2.24) is 14.7 Å². The van der Waals surface area contributed by atoms with E-state index >= 15 is 0 Å². The van der Waals surface area contributed by atoms with Gasteiger partial charge in [-0.25, -0.2) is 0 Å². The highest BCUT2D eigenvalue weighted by Crippen LogP contribution is 2.28. The summed E-state index contributed by atoms with van der Waals surface area (Å²) < 4.78 is 0. The number of hydrogen-bond donors (Lipinski definition) is 0. The predicted molar refractivity (Wildman–Crippen MR) is 87.5 cm³/mol. The Morgan fingerprint density at radius 1 is 1.22 bits per heavy atom. The van der Waals surface area contributed by atoms with Gasteiger partial charge in [0.2, 0.25) is 17.7 Å². The molecule has 2 rings (SSSR count). The number of nitrogens with zero attached hydrogens (tertiary/aromatic N) is 3. The highest BCUT2D eigenvalue weighted by atomic mass is 16.2. The third-order valence-corrected chi connectivity index (χ3v) is 5.06. The van der Waals surface area contributed by atoms with Crippen LogP contribution in [0.4, 0.5) is 0 Å². The molecule has 0 bridgehead atoms. The van der Waals surface area contributed by atoms with Crippen molar-refractivity contribution in [3.63, 3.8) is 0 Å². The Balaban J connectivity index is 2.02. The van der Waals surface area contributed by atoms with E-state index in [1.165, 1.54) is 6.08 Å². The van der Waals surface area contributed by atoms with Gasteiger partial charge in [0, 0.05) is 38.6 Å². The van der Waals surface area contributed by atoms with Crippen molar-refractivity contribution in [2.75, 3.05) is 32.7 Å². The summed E-state index contributed by atoms with van der Waals surface area (Å²) in [5, 5.41) is 0. The first-order chi connectivity index (χ1) is 10.8. The minimum atomic E-state index is -0.792. The molecule has 0 aromatic rings. The molecule has 2 fully saturated rings. The van der Waals surface area contributed by atoms with Gasteiger partial charge in [-0.2, -0.15) is 0 Å². The lowest BCUT2D eigenvalue weighted by molar-refractivity contribution is -0.161. The van der Waals surface area contributed by atoms with E-state index in [2.05, 4.69) is 6.58 Å². The van der Waals surface area contributed by atoms with E-state index in [0.29, 0.717) is 45.6 Å². The van der Waals surface area contributed by atoms with E-state index in [1.807, 2.05) is 20.8 Å². The zero-order chi connectivity index (χ0) is 17.2. The van der Waals surface area contributed by atoms with Crippen molar-refractivity contribution in [3.05, 3.63) is 12.7 Å². The number of rotatable bonds is 3. The lowest BCUT2D eigenvalue weighted by Gasteiger charge is -2.47. The fourth-order valence-electron chi connectivity index (χ4n) is 3.49. The Bertz CT molecular complexity index is 507. The molecule has 0 aromatic heterocycles. The van der Waals surface area contributed by atoms with Gasteiger partial charge in [0.05, 0.1) is 0 Å². The second kappa shape index (κ2) is 6.72. The monoisotopic (exact) mass is 321 g/mol. The summed E-state index contributed by atoms with van der Waals surface area (Å²) in [7, 11) is 0. The highest BCUT2D eigenvalue weighted by molar-refractivity contribution is 5.93. The Hall–Kier alpha value is -1.85. The summed E-state index contributed by atoms with van der Waals surface area (Å²) in [4.78, 5) is 42.3. The van der Waals surface area contributed by atoms with Gasteiger partial charge in [0.15, 0.2) is 0 Å². The van der Waals surface area contributed by atoms with Crippen LogP contribution in [-0.2, 0) is 14.4 Å². The summed E-state index contributed by atoms with van der Waals surface area (Å²) in [6.45, 7) is 12.1. The zero-order valence-corrected chi connectivity index (χ0v) is 14.4. The third kappa shape index (κ3) is 3.26. The van der Waals surface area contributed by atoms with Gasteiger partial charge in [-0.05, 0) is 39.7 Å². The molecular formula is C17H27N3O3. The molecule has 6 nitrogen and oxygen atoms in total. The normalized spacial score (nSPS) is 22.2. The molecule has 128 valence electrons. The Labute approximate surface area is 138 Å². The van der Waals surface area contributed by atoms with Crippen LogP contribution in [0.1, 0.15) is 33.6 Å². The molecule has 0 unspecified atom stereocenters. The van der Waals surface area contributed by atoms with Crippen LogP contribution in [0.2, 0.25) is 0 Å². The topological polar surface area (TPSA) is 60.9 Å². The first-order valence-electron chi connectivity index (χ1n) is 8.35. The molecule has 2 aliphatic heterocycles. The van der Waals surface area contributed by atoms with Crippen LogP contribution in [0.5, 0.6) is 0 Å². The zero-order valence-electron chi connectivity index (χ0n) is 14.4. The van der Waals surface area contributed by atoms with Crippen molar-refractivity contribution >= 4 is 17.7 Å². The van der Waals surface area contributed by atoms with Gasteiger partial charge in [-0.15, -0.1) is 0 Å². The maximum absolute atomic E-state index is 12.9. The molecular weight excluding hydrogens is 294 g/mol. The van der Waals surface area contributed by atoms with Gasteiger partial charge in [-0.1, -0.05) is 6.58 Å². The maximum atomic E-state index is 12.9. The summed E-state index contributed by atoms with van der Waals surface area (Å²) in [6.07, 6.45) is 2.61. The fraction of sp³-hybridized carbons (Fsp3) is 0.706. The van der Waals surface area contributed by atoms with Gasteiger partial charge in [0.25, 0.3) is 0 Å². The molecule has 23 heavy (non-hydrogen) atoms. The van der Waals surface area contributed by atoms with Crippen molar-refractivity contribution in [3.8, 4) is 0 Å². The average molecular weight is 321 g/mol. The summed E-state index contributed by atoms with van der Waals surface area (Å²) in [5.74, 6) is -0.129. The fourth-order valence-corrected chi connectivity index (χ4v) is 3.49. The Morgan fingerprint density at radius 3 is 2.35 bits per heavy atom. The van der Waals surface area contributed by atoms with Crippen LogP contribution in [0, 0.1) is 5.92 Å². The lowest BCUT2D eigenvalue weighted by Crippen LogP contribution is -2.65.